The van der Waals surface area contributed by atoms with Gasteiger partial charge < -0.3 is 16.2 Å². The van der Waals surface area contributed by atoms with Crippen molar-refractivity contribution in [3.8, 4) is 11.5 Å². The molecule has 3 nitrogen and oxygen atoms in total. The minimum atomic E-state index is 0.557. The van der Waals surface area contributed by atoms with Crippen LogP contribution in [0.1, 0.15) is 108 Å². The van der Waals surface area contributed by atoms with E-state index in [0.29, 0.717) is 17.3 Å². The summed E-state index contributed by atoms with van der Waals surface area (Å²) >= 11 is 0. The first kappa shape index (κ1) is 24.9. The molecule has 0 saturated heterocycles. The van der Waals surface area contributed by atoms with Gasteiger partial charge in [-0.15, -0.1) is 0 Å². The molecule has 4 rings (SSSR count). The lowest BCUT2D eigenvalue weighted by Gasteiger charge is -2.38. The highest BCUT2D eigenvalue weighted by Crippen LogP contribution is 2.44. The van der Waals surface area contributed by atoms with E-state index in [4.69, 9.17) is 16.2 Å². The molecule has 2 aliphatic rings. The van der Waals surface area contributed by atoms with Crippen molar-refractivity contribution in [2.24, 2.45) is 17.8 Å². The van der Waals surface area contributed by atoms with E-state index in [1.807, 2.05) is 6.07 Å². The van der Waals surface area contributed by atoms with Crippen LogP contribution in [0.5, 0.6) is 11.5 Å². The lowest BCUT2D eigenvalue weighted by atomic mass is 9.68. The van der Waals surface area contributed by atoms with Gasteiger partial charge in [0, 0.05) is 6.07 Å². The fourth-order valence-corrected chi connectivity index (χ4v) is 6.47. The minimum Gasteiger partial charge on any atom is -0.457 e. The smallest absolute Gasteiger partial charge is 0.129 e. The average Bonchev–Trinajstić information content (AvgIpc) is 2.87. The van der Waals surface area contributed by atoms with Crippen molar-refractivity contribution in [3.63, 3.8) is 0 Å². The van der Waals surface area contributed by atoms with Crippen molar-refractivity contribution < 1.29 is 4.74 Å². The van der Waals surface area contributed by atoms with E-state index in [-0.39, 0.29) is 0 Å². The van der Waals surface area contributed by atoms with E-state index in [9.17, 15) is 0 Å². The van der Waals surface area contributed by atoms with Crippen LogP contribution in [-0.2, 0) is 0 Å². The van der Waals surface area contributed by atoms with E-state index < -0.39 is 0 Å². The number of unbranched alkanes of at least 4 members (excludes halogenated alkanes) is 4. The molecule has 0 bridgehead atoms. The zero-order valence-electron chi connectivity index (χ0n) is 21.3. The van der Waals surface area contributed by atoms with Gasteiger partial charge in [-0.1, -0.05) is 70.4 Å². The van der Waals surface area contributed by atoms with Crippen molar-refractivity contribution in [2.45, 2.75) is 103 Å². The van der Waals surface area contributed by atoms with Gasteiger partial charge >= 0.3 is 0 Å². The summed E-state index contributed by atoms with van der Waals surface area (Å²) < 4.78 is 5.97. The third-order valence-corrected chi connectivity index (χ3v) is 8.69. The Morgan fingerprint density at radius 1 is 0.676 bits per heavy atom. The van der Waals surface area contributed by atoms with Crippen LogP contribution in [0.25, 0.3) is 0 Å². The standard InChI is InChI=1S/C31H46N2O/c1-2-3-4-5-6-7-23-8-10-24(11-9-23)25-12-14-26(15-13-25)27-16-18-28(19-17-27)34-29-20-21-30(32)31(33)22-29/h16-26H,2-15,32-33H2,1H3. The lowest BCUT2D eigenvalue weighted by Crippen LogP contribution is -2.25. The molecule has 186 valence electrons. The van der Waals surface area contributed by atoms with Crippen LogP contribution >= 0.6 is 0 Å². The first-order chi connectivity index (χ1) is 16.6. The predicted molar refractivity (Wildman–Crippen MR) is 145 cm³/mol. The second-order valence-electron chi connectivity index (χ2n) is 11.1. The number of rotatable bonds is 10. The van der Waals surface area contributed by atoms with E-state index >= 15 is 0 Å². The SMILES string of the molecule is CCCCCCCC1CCC(C2CCC(c3ccc(Oc4ccc(N)c(N)c4)cc3)CC2)CC1. The summed E-state index contributed by atoms with van der Waals surface area (Å²) in [6.45, 7) is 2.31. The van der Waals surface area contributed by atoms with Crippen LogP contribution < -0.4 is 16.2 Å². The molecule has 2 aliphatic carbocycles. The average molecular weight is 463 g/mol. The molecule has 2 saturated carbocycles. The van der Waals surface area contributed by atoms with Crippen molar-refractivity contribution in [1.29, 1.82) is 0 Å². The van der Waals surface area contributed by atoms with Crippen molar-refractivity contribution in [3.05, 3.63) is 48.0 Å². The molecule has 2 aromatic carbocycles. The number of hydrogen-bond donors (Lipinski definition) is 2. The van der Waals surface area contributed by atoms with E-state index in [1.165, 1.54) is 95.5 Å². The summed E-state index contributed by atoms with van der Waals surface area (Å²) in [6.07, 6.45) is 20.2. The van der Waals surface area contributed by atoms with Gasteiger partial charge in [0.05, 0.1) is 11.4 Å². The van der Waals surface area contributed by atoms with E-state index in [2.05, 4.69) is 31.2 Å². The highest BCUT2D eigenvalue weighted by Gasteiger charge is 2.31. The fourth-order valence-electron chi connectivity index (χ4n) is 6.47. The molecule has 0 radical (unpaired) electrons. The van der Waals surface area contributed by atoms with Crippen molar-refractivity contribution in [2.75, 3.05) is 11.5 Å². The molecule has 0 heterocycles. The third-order valence-electron chi connectivity index (χ3n) is 8.69. The Morgan fingerprint density at radius 2 is 1.29 bits per heavy atom. The first-order valence-corrected chi connectivity index (χ1v) is 14.0. The quantitative estimate of drug-likeness (QED) is 0.273. The third kappa shape index (κ3) is 6.93. The Labute approximate surface area is 207 Å². The maximum absolute atomic E-state index is 5.97. The van der Waals surface area contributed by atoms with Gasteiger partial charge in [-0.25, -0.2) is 0 Å². The summed E-state index contributed by atoms with van der Waals surface area (Å²) in [7, 11) is 0. The summed E-state index contributed by atoms with van der Waals surface area (Å²) in [5.74, 6) is 5.28. The second-order valence-corrected chi connectivity index (χ2v) is 11.1. The molecule has 0 spiro atoms. The highest BCUT2D eigenvalue weighted by molar-refractivity contribution is 5.65. The van der Waals surface area contributed by atoms with Gasteiger partial charge in [-0.2, -0.15) is 0 Å². The van der Waals surface area contributed by atoms with Crippen molar-refractivity contribution in [1.82, 2.24) is 0 Å². The first-order valence-electron chi connectivity index (χ1n) is 14.0. The number of anilines is 2. The minimum absolute atomic E-state index is 0.557. The lowest BCUT2D eigenvalue weighted by molar-refractivity contribution is 0.155. The number of nitrogens with two attached hydrogens (primary N) is 2. The van der Waals surface area contributed by atoms with Crippen molar-refractivity contribution >= 4 is 11.4 Å². The molecule has 0 amide bonds. The summed E-state index contributed by atoms with van der Waals surface area (Å²) in [5, 5.41) is 0. The van der Waals surface area contributed by atoms with Crippen LogP contribution in [0.4, 0.5) is 11.4 Å². The van der Waals surface area contributed by atoms with E-state index in [0.717, 1.165) is 29.3 Å². The van der Waals surface area contributed by atoms with Gasteiger partial charge in [-0.05, 0) is 92.0 Å². The molecule has 0 aromatic heterocycles. The fraction of sp³-hybridized carbons (Fsp3) is 0.613. The Morgan fingerprint density at radius 3 is 1.94 bits per heavy atom. The molecule has 0 atom stereocenters. The Balaban J connectivity index is 1.18. The van der Waals surface area contributed by atoms with E-state index in [1.54, 1.807) is 12.1 Å². The maximum atomic E-state index is 5.97. The van der Waals surface area contributed by atoms with Gasteiger partial charge in [0.25, 0.3) is 0 Å². The number of nitrogen functional groups attached to an aromatic ring is 2. The summed E-state index contributed by atoms with van der Waals surface area (Å²) in [6, 6.07) is 14.1. The summed E-state index contributed by atoms with van der Waals surface area (Å²) in [4.78, 5) is 0. The monoisotopic (exact) mass is 462 g/mol. The van der Waals surface area contributed by atoms with Crippen LogP contribution in [0.3, 0.4) is 0 Å². The van der Waals surface area contributed by atoms with Crippen LogP contribution in [-0.4, -0.2) is 0 Å². The molecular formula is C31H46N2O. The second kappa shape index (κ2) is 12.5. The topological polar surface area (TPSA) is 61.3 Å². The predicted octanol–water partition coefficient (Wildman–Crippen LogP) is 9.08. The molecule has 4 N–H and O–H groups in total. The van der Waals surface area contributed by atoms with Crippen LogP contribution in [0.2, 0.25) is 0 Å². The molecule has 0 unspecified atom stereocenters. The maximum Gasteiger partial charge on any atom is 0.129 e. The largest absolute Gasteiger partial charge is 0.457 e. The Hall–Kier alpha value is -2.16. The van der Waals surface area contributed by atoms with Gasteiger partial charge in [0.2, 0.25) is 0 Å². The number of ether oxygens (including phenoxy) is 1. The Bertz CT molecular complexity index is 862. The zero-order valence-corrected chi connectivity index (χ0v) is 21.3. The van der Waals surface area contributed by atoms with Gasteiger partial charge in [-0.3, -0.25) is 0 Å². The van der Waals surface area contributed by atoms with Gasteiger partial charge in [0.1, 0.15) is 11.5 Å². The molecule has 2 aromatic rings. The number of benzene rings is 2. The highest BCUT2D eigenvalue weighted by atomic mass is 16.5. The zero-order chi connectivity index (χ0) is 23.8. The molecular weight excluding hydrogens is 416 g/mol. The van der Waals surface area contributed by atoms with Gasteiger partial charge in [0.15, 0.2) is 0 Å². The normalized spacial score (nSPS) is 25.2. The van der Waals surface area contributed by atoms with Crippen LogP contribution in [0, 0.1) is 17.8 Å². The molecule has 0 aliphatic heterocycles. The Kier molecular flexibility index (Phi) is 9.18. The van der Waals surface area contributed by atoms with Crippen LogP contribution in [0.15, 0.2) is 42.5 Å². The molecule has 34 heavy (non-hydrogen) atoms. The molecule has 2 fully saturated rings. The summed E-state index contributed by atoms with van der Waals surface area (Å²) in [5.41, 5.74) is 14.3. The number of hydrogen-bond acceptors (Lipinski definition) is 3. The molecule has 3 heteroatoms.